The van der Waals surface area contributed by atoms with Crippen LogP contribution in [0.5, 0.6) is 0 Å². The summed E-state index contributed by atoms with van der Waals surface area (Å²) in [5.41, 5.74) is 1.80. The quantitative estimate of drug-likeness (QED) is 0.518. The molecule has 3 nitrogen and oxygen atoms in total. The molecule has 0 radical (unpaired) electrons. The van der Waals surface area contributed by atoms with Gasteiger partial charge in [-0.25, -0.2) is 4.98 Å². The van der Waals surface area contributed by atoms with Crippen LogP contribution in [-0.2, 0) is 0 Å². The molecule has 0 saturated heterocycles. The molecule has 0 aliphatic rings. The molecular formula is C18H12ClN3. The van der Waals surface area contributed by atoms with Crippen molar-refractivity contribution in [2.24, 2.45) is 0 Å². The van der Waals surface area contributed by atoms with E-state index in [0.29, 0.717) is 5.82 Å². The van der Waals surface area contributed by atoms with Crippen LogP contribution < -0.4 is 5.32 Å². The SMILES string of the molecule is Clc1nc(Nc2ccc3ccccc3c2)c2ccccc2n1. The van der Waals surface area contributed by atoms with Gasteiger partial charge >= 0.3 is 0 Å². The summed E-state index contributed by atoms with van der Waals surface area (Å²) in [5, 5.41) is 6.91. The van der Waals surface area contributed by atoms with Crippen LogP contribution in [0.25, 0.3) is 21.7 Å². The molecule has 22 heavy (non-hydrogen) atoms. The highest BCUT2D eigenvalue weighted by Gasteiger charge is 2.06. The van der Waals surface area contributed by atoms with E-state index in [2.05, 4.69) is 39.6 Å². The highest BCUT2D eigenvalue weighted by atomic mass is 35.5. The van der Waals surface area contributed by atoms with E-state index in [4.69, 9.17) is 11.6 Å². The molecule has 0 bridgehead atoms. The molecule has 0 aliphatic heterocycles. The van der Waals surface area contributed by atoms with Crippen molar-refractivity contribution in [2.75, 3.05) is 5.32 Å². The Morgan fingerprint density at radius 3 is 2.45 bits per heavy atom. The summed E-state index contributed by atoms with van der Waals surface area (Å²) in [5.74, 6) is 0.714. The van der Waals surface area contributed by atoms with Crippen LogP contribution in [0.15, 0.2) is 66.7 Å². The number of aromatic nitrogens is 2. The van der Waals surface area contributed by atoms with Crippen molar-refractivity contribution in [3.05, 3.63) is 72.0 Å². The maximum absolute atomic E-state index is 6.02. The summed E-state index contributed by atoms with van der Waals surface area (Å²) in [4.78, 5) is 8.56. The smallest absolute Gasteiger partial charge is 0.224 e. The molecule has 0 unspecified atom stereocenters. The first-order valence-corrected chi connectivity index (χ1v) is 7.35. The third kappa shape index (κ3) is 2.36. The lowest BCUT2D eigenvalue weighted by molar-refractivity contribution is 1.22. The third-order valence-electron chi connectivity index (χ3n) is 3.59. The number of nitrogens with zero attached hydrogens (tertiary/aromatic N) is 2. The number of fused-ring (bicyclic) bond motifs is 2. The summed E-state index contributed by atoms with van der Waals surface area (Å²) >= 11 is 6.02. The Morgan fingerprint density at radius 2 is 1.55 bits per heavy atom. The molecule has 4 heteroatoms. The fourth-order valence-electron chi connectivity index (χ4n) is 2.55. The zero-order valence-corrected chi connectivity index (χ0v) is 12.4. The van der Waals surface area contributed by atoms with Crippen molar-refractivity contribution in [1.82, 2.24) is 9.97 Å². The Kier molecular flexibility index (Phi) is 3.13. The summed E-state index contributed by atoms with van der Waals surface area (Å²) in [6.07, 6.45) is 0. The first-order valence-electron chi connectivity index (χ1n) is 6.98. The minimum Gasteiger partial charge on any atom is -0.340 e. The predicted molar refractivity (Wildman–Crippen MR) is 91.8 cm³/mol. The minimum absolute atomic E-state index is 0.238. The van der Waals surface area contributed by atoms with Gasteiger partial charge in [0.1, 0.15) is 5.82 Å². The number of anilines is 2. The highest BCUT2D eigenvalue weighted by Crippen LogP contribution is 2.26. The van der Waals surface area contributed by atoms with E-state index in [-0.39, 0.29) is 5.28 Å². The Bertz CT molecular complexity index is 982. The molecule has 4 rings (SSSR count). The standard InChI is InChI=1S/C18H12ClN3/c19-18-21-16-8-4-3-7-15(16)17(22-18)20-14-10-9-12-5-1-2-6-13(12)11-14/h1-11H,(H,20,21,22). The average Bonchev–Trinajstić information content (AvgIpc) is 2.54. The van der Waals surface area contributed by atoms with Gasteiger partial charge in [-0.1, -0.05) is 42.5 Å². The van der Waals surface area contributed by atoms with Crippen LogP contribution in [-0.4, -0.2) is 9.97 Å². The van der Waals surface area contributed by atoms with Crippen molar-refractivity contribution in [3.8, 4) is 0 Å². The van der Waals surface area contributed by atoms with Gasteiger partial charge in [0.05, 0.1) is 5.52 Å². The van der Waals surface area contributed by atoms with Crippen LogP contribution in [0.2, 0.25) is 5.28 Å². The van der Waals surface area contributed by atoms with E-state index in [1.807, 2.05) is 42.5 Å². The highest BCUT2D eigenvalue weighted by molar-refractivity contribution is 6.28. The van der Waals surface area contributed by atoms with E-state index < -0.39 is 0 Å². The van der Waals surface area contributed by atoms with E-state index in [0.717, 1.165) is 16.6 Å². The number of halogens is 1. The van der Waals surface area contributed by atoms with Crippen LogP contribution in [0.4, 0.5) is 11.5 Å². The number of hydrogen-bond donors (Lipinski definition) is 1. The summed E-state index contributed by atoms with van der Waals surface area (Å²) < 4.78 is 0. The third-order valence-corrected chi connectivity index (χ3v) is 3.76. The normalized spacial score (nSPS) is 11.0. The molecule has 0 fully saturated rings. The minimum atomic E-state index is 0.238. The predicted octanol–water partition coefficient (Wildman–Crippen LogP) is 5.18. The molecule has 0 atom stereocenters. The van der Waals surface area contributed by atoms with Gasteiger partial charge in [-0.05, 0) is 46.6 Å². The number of para-hydroxylation sites is 1. The van der Waals surface area contributed by atoms with Gasteiger partial charge in [-0.3, -0.25) is 0 Å². The molecule has 106 valence electrons. The fourth-order valence-corrected chi connectivity index (χ4v) is 2.72. The molecule has 3 aromatic carbocycles. The molecule has 0 amide bonds. The van der Waals surface area contributed by atoms with Crippen molar-refractivity contribution in [2.45, 2.75) is 0 Å². The number of hydrogen-bond acceptors (Lipinski definition) is 3. The monoisotopic (exact) mass is 305 g/mol. The maximum Gasteiger partial charge on any atom is 0.224 e. The Morgan fingerprint density at radius 1 is 0.773 bits per heavy atom. The second kappa shape index (κ2) is 5.28. The van der Waals surface area contributed by atoms with Crippen molar-refractivity contribution in [3.63, 3.8) is 0 Å². The molecule has 0 aliphatic carbocycles. The van der Waals surface area contributed by atoms with Gasteiger partial charge in [0.15, 0.2) is 0 Å². The number of benzene rings is 3. The van der Waals surface area contributed by atoms with Crippen LogP contribution in [0.1, 0.15) is 0 Å². The average molecular weight is 306 g/mol. The second-order valence-electron chi connectivity index (χ2n) is 5.05. The number of rotatable bonds is 2. The molecule has 1 heterocycles. The molecule has 0 spiro atoms. The van der Waals surface area contributed by atoms with Gasteiger partial charge in [0, 0.05) is 11.1 Å². The lowest BCUT2D eigenvalue weighted by Crippen LogP contribution is -1.97. The van der Waals surface area contributed by atoms with Crippen molar-refractivity contribution >= 4 is 44.8 Å². The zero-order valence-electron chi connectivity index (χ0n) is 11.6. The van der Waals surface area contributed by atoms with Gasteiger partial charge in [-0.2, -0.15) is 4.98 Å². The molecule has 1 N–H and O–H groups in total. The van der Waals surface area contributed by atoms with Gasteiger partial charge < -0.3 is 5.32 Å². The van der Waals surface area contributed by atoms with Gasteiger partial charge in [0.25, 0.3) is 0 Å². The van der Waals surface area contributed by atoms with Crippen molar-refractivity contribution in [1.29, 1.82) is 0 Å². The Labute approximate surface area is 132 Å². The lowest BCUT2D eigenvalue weighted by Gasteiger charge is -2.10. The van der Waals surface area contributed by atoms with E-state index in [1.165, 1.54) is 10.8 Å². The first-order chi connectivity index (χ1) is 10.8. The number of nitrogens with one attached hydrogen (secondary N) is 1. The molecule has 0 saturated carbocycles. The van der Waals surface area contributed by atoms with Gasteiger partial charge in [-0.15, -0.1) is 0 Å². The van der Waals surface area contributed by atoms with Gasteiger partial charge in [0.2, 0.25) is 5.28 Å². The Hall–Kier alpha value is -2.65. The van der Waals surface area contributed by atoms with Crippen LogP contribution in [0, 0.1) is 0 Å². The van der Waals surface area contributed by atoms with E-state index in [9.17, 15) is 0 Å². The topological polar surface area (TPSA) is 37.8 Å². The van der Waals surface area contributed by atoms with Crippen molar-refractivity contribution < 1.29 is 0 Å². The van der Waals surface area contributed by atoms with E-state index in [1.54, 1.807) is 0 Å². The molecule has 4 aromatic rings. The zero-order chi connectivity index (χ0) is 14.9. The summed E-state index contributed by atoms with van der Waals surface area (Å²) in [7, 11) is 0. The first kappa shape index (κ1) is 13.0. The van der Waals surface area contributed by atoms with E-state index >= 15 is 0 Å². The fraction of sp³-hybridized carbons (Fsp3) is 0. The van der Waals surface area contributed by atoms with Crippen LogP contribution in [0.3, 0.4) is 0 Å². The second-order valence-corrected chi connectivity index (χ2v) is 5.38. The van der Waals surface area contributed by atoms with Crippen LogP contribution >= 0.6 is 11.6 Å². The maximum atomic E-state index is 6.02. The summed E-state index contributed by atoms with van der Waals surface area (Å²) in [6, 6.07) is 22.3. The summed E-state index contributed by atoms with van der Waals surface area (Å²) in [6.45, 7) is 0. The lowest BCUT2D eigenvalue weighted by atomic mass is 10.1. The Balaban J connectivity index is 1.82. The largest absolute Gasteiger partial charge is 0.340 e. The molecular weight excluding hydrogens is 294 g/mol. The molecule has 1 aromatic heterocycles.